The molecule has 1 aromatic heterocycles. The average molecular weight is 617 g/mol. The molecule has 47 heavy (non-hydrogen) atoms. The molecule has 0 atom stereocenters. The molecule has 9 rings (SSSR count). The maximum atomic E-state index is 9.59. The normalized spacial score (nSPS) is 16.8. The van der Waals surface area contributed by atoms with Crippen LogP contribution in [-0.4, -0.2) is 0 Å². The van der Waals surface area contributed by atoms with Crippen LogP contribution in [0.15, 0.2) is 186 Å². The van der Waals surface area contributed by atoms with Crippen LogP contribution in [0.1, 0.15) is 24.7 Å². The van der Waals surface area contributed by atoms with Gasteiger partial charge in [-0.2, -0.15) is 0 Å². The number of furan rings is 1. The van der Waals surface area contributed by atoms with Crippen molar-refractivity contribution in [1.29, 1.82) is 0 Å². The molecule has 1 heterocycles. The van der Waals surface area contributed by atoms with Gasteiger partial charge >= 0.3 is 0 Å². The topological polar surface area (TPSA) is 13.1 Å². The van der Waals surface area contributed by atoms with Crippen LogP contribution < -0.4 is 0 Å². The number of fused-ring (bicyclic) bond motifs is 3. The molecule has 0 radical (unpaired) electrons. The van der Waals surface area contributed by atoms with Gasteiger partial charge in [0.2, 0.25) is 0 Å². The summed E-state index contributed by atoms with van der Waals surface area (Å²) in [6, 6.07) is 7.80. The Kier molecular flexibility index (Phi) is 3.49. The molecule has 1 nitrogen and oxygen atoms in total. The van der Waals surface area contributed by atoms with Gasteiger partial charge < -0.3 is 4.42 Å². The van der Waals surface area contributed by atoms with Gasteiger partial charge in [-0.3, -0.25) is 0 Å². The fourth-order valence-electron chi connectivity index (χ4n) is 6.13. The monoisotopic (exact) mass is 616 g/mol. The fraction of sp³-hybridized carbons (Fsp3) is 0. The van der Waals surface area contributed by atoms with Gasteiger partial charge in [-0.15, -0.1) is 0 Å². The molecule has 0 unspecified atom stereocenters. The van der Waals surface area contributed by atoms with Crippen molar-refractivity contribution in [3.05, 3.63) is 182 Å². The Morgan fingerprint density at radius 2 is 0.894 bits per heavy atom. The summed E-state index contributed by atoms with van der Waals surface area (Å²) in [5.74, 6) is -0.0781. The highest BCUT2D eigenvalue weighted by atomic mass is 16.3. The first kappa shape index (κ1) is 14.5. The summed E-state index contributed by atoms with van der Waals surface area (Å²) in [5, 5.41) is -1.24. The standard InChI is InChI=1S/C46H30O/c1-4-16-31(17-5-1)34-28-29-42-41(30-34)45(46(47-42)40-27-15-10-22-35(40)32-18-6-2-7-19-32)44-38-25-13-11-23-36(38)43(33-20-8-3-9-21-33)37-24-12-14-26-39(37)44/h1-30H/i2D,3D,6D,7D,8D,9D,11D,12D,13D,14D,18D,19D,20D,21D,23D,24D,25D,26D. The lowest BCUT2D eigenvalue weighted by molar-refractivity contribution is 0.633. The zero-order valence-corrected chi connectivity index (χ0v) is 24.3. The van der Waals surface area contributed by atoms with Crippen molar-refractivity contribution in [3.8, 4) is 55.8 Å². The second-order valence-corrected chi connectivity index (χ2v) is 10.7. The quantitative estimate of drug-likeness (QED) is 0.175. The summed E-state index contributed by atoms with van der Waals surface area (Å²) in [6.07, 6.45) is 0. The zero-order valence-electron chi connectivity index (χ0n) is 42.3. The van der Waals surface area contributed by atoms with Gasteiger partial charge in [-0.05, 0) is 67.1 Å². The summed E-state index contributed by atoms with van der Waals surface area (Å²) >= 11 is 0. The second kappa shape index (κ2) is 11.3. The third-order valence-electron chi connectivity index (χ3n) is 8.11. The van der Waals surface area contributed by atoms with Crippen molar-refractivity contribution in [2.24, 2.45) is 0 Å². The van der Waals surface area contributed by atoms with Crippen LogP contribution in [-0.2, 0) is 0 Å². The number of benzene rings is 8. The summed E-state index contributed by atoms with van der Waals surface area (Å²) in [6.45, 7) is 0. The van der Waals surface area contributed by atoms with Gasteiger partial charge in [0.25, 0.3) is 0 Å². The molecule has 0 spiro atoms. The molecule has 0 saturated heterocycles. The van der Waals surface area contributed by atoms with Crippen molar-refractivity contribution < 1.29 is 29.1 Å². The lowest BCUT2D eigenvalue weighted by Crippen LogP contribution is -1.92. The van der Waals surface area contributed by atoms with E-state index in [1.807, 2.05) is 30.3 Å². The van der Waals surface area contributed by atoms with Crippen LogP contribution in [0, 0.1) is 0 Å². The van der Waals surface area contributed by atoms with E-state index in [0.29, 0.717) is 5.56 Å². The summed E-state index contributed by atoms with van der Waals surface area (Å²) in [7, 11) is 0. The third-order valence-corrected chi connectivity index (χ3v) is 8.11. The molecule has 0 aliphatic rings. The molecule has 220 valence electrons. The van der Waals surface area contributed by atoms with E-state index in [2.05, 4.69) is 0 Å². The van der Waals surface area contributed by atoms with Crippen molar-refractivity contribution in [3.63, 3.8) is 0 Å². The fourth-order valence-corrected chi connectivity index (χ4v) is 6.13. The molecule has 1 heteroatoms. The summed E-state index contributed by atoms with van der Waals surface area (Å²) in [5.41, 5.74) is 0.418. The van der Waals surface area contributed by atoms with E-state index < -0.39 is 131 Å². The van der Waals surface area contributed by atoms with Crippen LogP contribution in [0.4, 0.5) is 0 Å². The molecule has 0 aliphatic heterocycles. The SMILES string of the molecule is [2H]c1c([2H])c([2H])c(-c2ccccc2-c2oc3ccc(-c4ccccc4)cc3c2-c2c3c([2H])c([2H])c([2H])c([2H])c3c(-c3c([2H])c([2H])c([2H])c([2H])c3[2H])c3c([2H])c([2H])c([2H])c([2H])c23)c([2H])c1[2H]. The van der Waals surface area contributed by atoms with Gasteiger partial charge in [0.1, 0.15) is 11.3 Å². The zero-order chi connectivity index (χ0) is 46.8. The molecule has 8 aromatic carbocycles. The lowest BCUT2D eigenvalue weighted by Gasteiger charge is -2.18. The second-order valence-electron chi connectivity index (χ2n) is 10.7. The molecule has 0 aliphatic carbocycles. The van der Waals surface area contributed by atoms with Gasteiger partial charge in [0, 0.05) is 22.1 Å². The smallest absolute Gasteiger partial charge is 0.143 e. The van der Waals surface area contributed by atoms with Gasteiger partial charge in [0.05, 0.1) is 24.7 Å². The van der Waals surface area contributed by atoms with E-state index in [1.54, 1.807) is 36.4 Å². The van der Waals surface area contributed by atoms with E-state index in [1.165, 1.54) is 6.07 Å². The summed E-state index contributed by atoms with van der Waals surface area (Å²) < 4.78 is 167. The minimum absolute atomic E-state index is 0.0234. The first-order valence-corrected chi connectivity index (χ1v) is 14.6. The highest BCUT2D eigenvalue weighted by Crippen LogP contribution is 2.51. The number of hydrogen-bond acceptors (Lipinski definition) is 1. The Hall–Kier alpha value is -6.18. The maximum absolute atomic E-state index is 9.59. The van der Waals surface area contributed by atoms with Crippen molar-refractivity contribution >= 4 is 32.5 Å². The highest BCUT2D eigenvalue weighted by Gasteiger charge is 2.25. The lowest BCUT2D eigenvalue weighted by atomic mass is 9.84. The molecule has 9 aromatic rings. The highest BCUT2D eigenvalue weighted by molar-refractivity contribution is 6.25. The molecule has 0 bridgehead atoms. The van der Waals surface area contributed by atoms with E-state index in [4.69, 9.17) is 23.6 Å². The molecular weight excluding hydrogens is 569 g/mol. The molecule has 0 fully saturated rings. The van der Waals surface area contributed by atoms with Gasteiger partial charge in [0.15, 0.2) is 0 Å². The molecule has 0 amide bonds. The van der Waals surface area contributed by atoms with Gasteiger partial charge in [-0.25, -0.2) is 0 Å². The number of hydrogen-bond donors (Lipinski definition) is 0. The minimum atomic E-state index is -0.797. The molecular formula is C46H30O. The Bertz CT molecular complexity index is 3440. The van der Waals surface area contributed by atoms with Crippen LogP contribution in [0.2, 0.25) is 0 Å². The van der Waals surface area contributed by atoms with E-state index in [9.17, 15) is 5.48 Å². The first-order valence-electron chi connectivity index (χ1n) is 23.6. The van der Waals surface area contributed by atoms with Crippen molar-refractivity contribution in [1.82, 2.24) is 0 Å². The van der Waals surface area contributed by atoms with Gasteiger partial charge in [-0.1, -0.05) is 169 Å². The van der Waals surface area contributed by atoms with Crippen LogP contribution in [0.25, 0.3) is 88.3 Å². The largest absolute Gasteiger partial charge is 0.455 e. The van der Waals surface area contributed by atoms with Crippen LogP contribution in [0.5, 0.6) is 0 Å². The summed E-state index contributed by atoms with van der Waals surface area (Å²) in [4.78, 5) is 0. The Balaban J connectivity index is 1.61. The predicted octanol–water partition coefficient (Wildman–Crippen LogP) is 13.1. The van der Waals surface area contributed by atoms with Crippen molar-refractivity contribution in [2.45, 2.75) is 0 Å². The Labute approximate surface area is 299 Å². The predicted molar refractivity (Wildman–Crippen MR) is 198 cm³/mol. The van der Waals surface area contributed by atoms with Crippen molar-refractivity contribution in [2.75, 3.05) is 0 Å². The maximum Gasteiger partial charge on any atom is 0.143 e. The third kappa shape index (κ3) is 4.56. The van der Waals surface area contributed by atoms with E-state index in [0.717, 1.165) is 5.56 Å². The Morgan fingerprint density at radius 1 is 0.362 bits per heavy atom. The number of rotatable bonds is 5. The minimum Gasteiger partial charge on any atom is -0.455 e. The average Bonchev–Trinajstić information content (AvgIpc) is 3.69. The Morgan fingerprint density at radius 3 is 1.53 bits per heavy atom. The van der Waals surface area contributed by atoms with E-state index >= 15 is 0 Å². The van der Waals surface area contributed by atoms with Crippen LogP contribution in [0.3, 0.4) is 0 Å². The van der Waals surface area contributed by atoms with E-state index in [-0.39, 0.29) is 55.3 Å². The first-order chi connectivity index (χ1) is 30.8. The molecule has 0 saturated carbocycles. The van der Waals surface area contributed by atoms with Crippen LogP contribution >= 0.6 is 0 Å². The molecule has 0 N–H and O–H groups in total.